The maximum atomic E-state index is 12.9. The lowest BCUT2D eigenvalue weighted by Gasteiger charge is -2.42. The normalized spacial score (nSPS) is 23.2. The summed E-state index contributed by atoms with van der Waals surface area (Å²) < 4.78 is 11.4. The predicted octanol–water partition coefficient (Wildman–Crippen LogP) is 3.64. The van der Waals surface area contributed by atoms with E-state index in [1.807, 2.05) is 0 Å². The summed E-state index contributed by atoms with van der Waals surface area (Å²) in [6.45, 7) is 1.13. The number of likely N-dealkylation sites (tertiary alicyclic amines) is 1. The molecule has 3 aliphatic rings. The summed E-state index contributed by atoms with van der Waals surface area (Å²) in [4.78, 5) is 31.4. The van der Waals surface area contributed by atoms with E-state index in [-0.39, 0.29) is 23.9 Å². The Labute approximate surface area is 172 Å². The molecule has 1 saturated carbocycles. The molecule has 0 radical (unpaired) electrons. The van der Waals surface area contributed by atoms with Gasteiger partial charge < -0.3 is 24.7 Å². The zero-order valence-corrected chi connectivity index (χ0v) is 17.0. The van der Waals surface area contributed by atoms with Gasteiger partial charge in [0.25, 0.3) is 5.89 Å². The van der Waals surface area contributed by atoms with Crippen molar-refractivity contribution in [3.8, 4) is 0 Å². The Hall–Kier alpha value is -2.32. The Morgan fingerprint density at radius 2 is 2.17 bits per heavy atom. The maximum Gasteiger partial charge on any atom is 0.319 e. The largest absolute Gasteiger partial charge is 0.432 e. The zero-order valence-electron chi connectivity index (χ0n) is 16.2. The number of amides is 3. The first kappa shape index (κ1) is 18.7. The molecule has 2 N–H and O–H groups in total. The fraction of sp³-hybridized carbons (Fsp3) is 0.550. The fourth-order valence-electron chi connectivity index (χ4n) is 4.90. The van der Waals surface area contributed by atoms with Crippen LogP contribution in [0.1, 0.15) is 54.8 Å². The summed E-state index contributed by atoms with van der Waals surface area (Å²) >= 11 is 6.51. The molecule has 1 saturated heterocycles. The number of oxazole rings is 1. The molecule has 1 aromatic carbocycles. The lowest BCUT2D eigenvalue weighted by atomic mass is 9.74. The van der Waals surface area contributed by atoms with Gasteiger partial charge >= 0.3 is 11.9 Å². The number of hydrogen-bond donors (Lipinski definition) is 2. The third-order valence-electron chi connectivity index (χ3n) is 6.36. The second-order valence-electron chi connectivity index (χ2n) is 8.10. The molecule has 1 spiro atoms. The van der Waals surface area contributed by atoms with Crippen LogP contribution >= 0.6 is 11.6 Å². The molecular formula is C20H23ClN4O4. The van der Waals surface area contributed by atoms with Crippen LogP contribution in [0.2, 0.25) is 5.02 Å². The maximum absolute atomic E-state index is 12.9. The van der Waals surface area contributed by atoms with E-state index < -0.39 is 5.54 Å². The highest BCUT2D eigenvalue weighted by atomic mass is 35.5. The molecule has 0 unspecified atom stereocenters. The van der Waals surface area contributed by atoms with E-state index in [9.17, 15) is 9.59 Å². The van der Waals surface area contributed by atoms with Gasteiger partial charge in [0.05, 0.1) is 22.4 Å². The van der Waals surface area contributed by atoms with Crippen molar-refractivity contribution in [2.24, 2.45) is 0 Å². The van der Waals surface area contributed by atoms with E-state index in [0.717, 1.165) is 44.1 Å². The summed E-state index contributed by atoms with van der Waals surface area (Å²) in [5.41, 5.74) is 1.86. The van der Waals surface area contributed by atoms with E-state index >= 15 is 0 Å². The van der Waals surface area contributed by atoms with Crippen molar-refractivity contribution in [2.75, 3.05) is 25.5 Å². The summed E-state index contributed by atoms with van der Waals surface area (Å²) in [6.07, 6.45) is 5.56. The van der Waals surface area contributed by atoms with Gasteiger partial charge in [-0.3, -0.25) is 4.79 Å². The van der Waals surface area contributed by atoms with Crippen LogP contribution in [0.3, 0.4) is 0 Å². The van der Waals surface area contributed by atoms with E-state index in [1.165, 1.54) is 0 Å². The molecule has 5 rings (SSSR count). The second kappa shape index (κ2) is 6.88. The molecule has 3 heterocycles. The Morgan fingerprint density at radius 1 is 1.38 bits per heavy atom. The van der Waals surface area contributed by atoms with Gasteiger partial charge in [-0.25, -0.2) is 9.78 Å². The smallest absolute Gasteiger partial charge is 0.319 e. The molecule has 1 aliphatic carbocycles. The highest BCUT2D eigenvalue weighted by Crippen LogP contribution is 2.48. The van der Waals surface area contributed by atoms with Crippen LogP contribution in [0, 0.1) is 0 Å². The number of rotatable bonds is 2. The van der Waals surface area contributed by atoms with Crippen LogP contribution in [0.25, 0.3) is 11.1 Å². The molecular weight excluding hydrogens is 396 g/mol. The number of carbonyl (C=O) groups excluding carboxylic acids is 2. The number of hydrogen-bond acceptors (Lipinski definition) is 5. The Bertz CT molecular complexity index is 998. The monoisotopic (exact) mass is 418 g/mol. The second-order valence-corrected chi connectivity index (χ2v) is 8.50. The van der Waals surface area contributed by atoms with Gasteiger partial charge in [0, 0.05) is 25.8 Å². The minimum Gasteiger partial charge on any atom is -0.432 e. The number of urea groups is 1. The number of halogens is 1. The number of carbonyl (C=O) groups is 2. The molecule has 1 atom stereocenters. The van der Waals surface area contributed by atoms with Gasteiger partial charge in [0.15, 0.2) is 5.58 Å². The van der Waals surface area contributed by atoms with Crippen LogP contribution < -0.4 is 10.6 Å². The molecule has 8 nitrogen and oxygen atoms in total. The van der Waals surface area contributed by atoms with Gasteiger partial charge in [-0.2, -0.15) is 0 Å². The van der Waals surface area contributed by atoms with Gasteiger partial charge in [-0.05, 0) is 25.3 Å². The average molecular weight is 419 g/mol. The zero-order chi connectivity index (χ0) is 20.2. The van der Waals surface area contributed by atoms with E-state index in [2.05, 4.69) is 15.6 Å². The molecule has 9 heteroatoms. The van der Waals surface area contributed by atoms with Crippen LogP contribution in [-0.4, -0.2) is 48.1 Å². The number of nitrogens with zero attached hydrogens (tertiary/aromatic N) is 2. The first-order valence-corrected chi connectivity index (χ1v) is 10.4. The van der Waals surface area contributed by atoms with Crippen molar-refractivity contribution in [1.29, 1.82) is 0 Å². The molecule has 2 aromatic rings. The summed E-state index contributed by atoms with van der Waals surface area (Å²) in [5.74, 6) is -0.208. The Balaban J connectivity index is 1.61. The van der Waals surface area contributed by atoms with E-state index in [1.54, 1.807) is 18.1 Å². The van der Waals surface area contributed by atoms with Gasteiger partial charge in [0.2, 0.25) is 0 Å². The van der Waals surface area contributed by atoms with Crippen LogP contribution in [0.15, 0.2) is 10.5 Å². The minimum absolute atomic E-state index is 0.0375. The summed E-state index contributed by atoms with van der Waals surface area (Å²) in [7, 11) is 1.65. The number of aromatic nitrogens is 1. The quantitative estimate of drug-likeness (QED) is 0.776. The van der Waals surface area contributed by atoms with Crippen LogP contribution in [0.4, 0.5) is 10.5 Å². The van der Waals surface area contributed by atoms with Crippen molar-refractivity contribution >= 4 is 40.3 Å². The van der Waals surface area contributed by atoms with Gasteiger partial charge in [0.1, 0.15) is 5.52 Å². The van der Waals surface area contributed by atoms with Crippen molar-refractivity contribution < 1.29 is 18.7 Å². The number of ether oxygens (including phenoxy) is 1. The SMILES string of the molecule is CO[C@H]1CCN(C(=O)c2nc3cc(Cl)c4c(c3o2)C2(CCCCC2)NC(=O)N4)C1. The molecule has 154 valence electrons. The third-order valence-corrected chi connectivity index (χ3v) is 6.66. The van der Waals surface area contributed by atoms with Crippen LogP contribution in [0.5, 0.6) is 0 Å². The van der Waals surface area contributed by atoms with Crippen molar-refractivity contribution in [3.63, 3.8) is 0 Å². The molecule has 2 fully saturated rings. The lowest BCUT2D eigenvalue weighted by Crippen LogP contribution is -2.52. The number of fused-ring (bicyclic) bond motifs is 4. The Kier molecular flexibility index (Phi) is 4.43. The molecule has 2 aliphatic heterocycles. The molecule has 3 amide bonds. The van der Waals surface area contributed by atoms with Crippen LogP contribution in [-0.2, 0) is 10.3 Å². The van der Waals surface area contributed by atoms with E-state index in [4.69, 9.17) is 20.8 Å². The predicted molar refractivity (Wildman–Crippen MR) is 107 cm³/mol. The average Bonchev–Trinajstić information content (AvgIpc) is 3.35. The van der Waals surface area contributed by atoms with E-state index in [0.29, 0.717) is 34.9 Å². The minimum atomic E-state index is -0.548. The van der Waals surface area contributed by atoms with Crippen molar-refractivity contribution in [2.45, 2.75) is 50.2 Å². The van der Waals surface area contributed by atoms with Gasteiger partial charge in [-0.1, -0.05) is 30.9 Å². The molecule has 1 aromatic heterocycles. The summed E-state index contributed by atoms with van der Waals surface area (Å²) in [6, 6.07) is 1.39. The lowest BCUT2D eigenvalue weighted by molar-refractivity contribution is 0.0690. The number of benzene rings is 1. The first-order chi connectivity index (χ1) is 14.0. The highest BCUT2D eigenvalue weighted by molar-refractivity contribution is 6.35. The molecule has 0 bridgehead atoms. The third kappa shape index (κ3) is 2.97. The van der Waals surface area contributed by atoms with Crippen molar-refractivity contribution in [3.05, 3.63) is 22.5 Å². The Morgan fingerprint density at radius 3 is 2.90 bits per heavy atom. The van der Waals surface area contributed by atoms with Crippen molar-refractivity contribution in [1.82, 2.24) is 15.2 Å². The highest BCUT2D eigenvalue weighted by Gasteiger charge is 2.44. The fourth-order valence-corrected chi connectivity index (χ4v) is 5.14. The number of anilines is 1. The standard InChI is InChI=1S/C20H23ClN4O4/c1-28-11-5-8-25(10-11)18(26)17-22-13-9-12(21)15-14(16(13)29-17)20(24-19(27)23-15)6-3-2-4-7-20/h9,11H,2-8,10H2,1H3,(H2,23,24,27)/t11-/m0/s1. The topological polar surface area (TPSA) is 96.7 Å². The summed E-state index contributed by atoms with van der Waals surface area (Å²) in [5, 5.41) is 6.33. The number of nitrogens with one attached hydrogen (secondary N) is 2. The molecule has 29 heavy (non-hydrogen) atoms. The number of methoxy groups -OCH3 is 1. The first-order valence-electron chi connectivity index (χ1n) is 10.1. The van der Waals surface area contributed by atoms with Gasteiger partial charge in [-0.15, -0.1) is 0 Å².